The lowest BCUT2D eigenvalue weighted by Crippen LogP contribution is -2.23. The number of nitrogen functional groups attached to an aromatic ring is 1. The van der Waals surface area contributed by atoms with Crippen molar-refractivity contribution in [1.82, 2.24) is 5.32 Å². The minimum atomic E-state index is 0. The smallest absolute Gasteiger partial charge is 0.220 e. The molecule has 0 atom stereocenters. The highest BCUT2D eigenvalue weighted by Gasteiger charge is 2.05. The summed E-state index contributed by atoms with van der Waals surface area (Å²) < 4.78 is 0. The van der Waals surface area contributed by atoms with Crippen molar-refractivity contribution in [2.45, 2.75) is 32.7 Å². The van der Waals surface area contributed by atoms with Crippen LogP contribution in [0.4, 0.5) is 5.69 Å². The Bertz CT molecular complexity index is 614. The van der Waals surface area contributed by atoms with Gasteiger partial charge in [-0.05, 0) is 35.6 Å². The quantitative estimate of drug-likeness (QED) is 0.801. The SMILES string of the molecule is CCc1ccccc1CNC(=O)CCc1ccccc1N.Cl. The predicted octanol–water partition coefficient (Wildman–Crippen LogP) is 3.50. The second-order valence-electron chi connectivity index (χ2n) is 5.10. The summed E-state index contributed by atoms with van der Waals surface area (Å²) in [6.45, 7) is 2.71. The van der Waals surface area contributed by atoms with E-state index in [0.29, 0.717) is 19.4 Å². The summed E-state index contributed by atoms with van der Waals surface area (Å²) in [6, 6.07) is 15.9. The van der Waals surface area contributed by atoms with E-state index in [1.807, 2.05) is 36.4 Å². The number of rotatable bonds is 6. The molecule has 0 saturated heterocycles. The molecule has 1 amide bonds. The van der Waals surface area contributed by atoms with Gasteiger partial charge in [0.1, 0.15) is 0 Å². The van der Waals surface area contributed by atoms with E-state index in [0.717, 1.165) is 17.7 Å². The van der Waals surface area contributed by atoms with Crippen LogP contribution in [0.2, 0.25) is 0 Å². The Balaban J connectivity index is 0.00000242. The lowest BCUT2D eigenvalue weighted by molar-refractivity contribution is -0.121. The molecule has 2 aromatic rings. The average Bonchev–Trinajstić information content (AvgIpc) is 2.52. The van der Waals surface area contributed by atoms with Crippen molar-refractivity contribution in [1.29, 1.82) is 0 Å². The maximum Gasteiger partial charge on any atom is 0.220 e. The zero-order chi connectivity index (χ0) is 15.1. The Hall–Kier alpha value is -2.00. The summed E-state index contributed by atoms with van der Waals surface area (Å²) in [5.74, 6) is 0.0594. The third-order valence-corrected chi connectivity index (χ3v) is 3.65. The molecule has 22 heavy (non-hydrogen) atoms. The van der Waals surface area contributed by atoms with Crippen LogP contribution in [0.5, 0.6) is 0 Å². The first-order valence-corrected chi connectivity index (χ1v) is 7.37. The molecule has 2 rings (SSSR count). The summed E-state index contributed by atoms with van der Waals surface area (Å²) in [7, 11) is 0. The Morgan fingerprint density at radius 2 is 1.59 bits per heavy atom. The summed E-state index contributed by atoms with van der Waals surface area (Å²) in [5, 5.41) is 2.98. The molecule has 0 aliphatic heterocycles. The number of hydrogen-bond donors (Lipinski definition) is 2. The maximum atomic E-state index is 11.9. The number of hydrogen-bond acceptors (Lipinski definition) is 2. The van der Waals surface area contributed by atoms with Crippen molar-refractivity contribution in [2.75, 3.05) is 5.73 Å². The molecule has 0 heterocycles. The molecule has 0 radical (unpaired) electrons. The number of amides is 1. The first-order chi connectivity index (χ1) is 10.2. The van der Waals surface area contributed by atoms with Crippen LogP contribution in [-0.4, -0.2) is 5.91 Å². The van der Waals surface area contributed by atoms with Crippen LogP contribution in [0.3, 0.4) is 0 Å². The summed E-state index contributed by atoms with van der Waals surface area (Å²) in [6.07, 6.45) is 2.11. The van der Waals surface area contributed by atoms with Gasteiger partial charge in [-0.3, -0.25) is 4.79 Å². The minimum absolute atomic E-state index is 0. The fourth-order valence-corrected chi connectivity index (χ4v) is 2.37. The van der Waals surface area contributed by atoms with E-state index in [4.69, 9.17) is 5.73 Å². The predicted molar refractivity (Wildman–Crippen MR) is 94.1 cm³/mol. The highest BCUT2D eigenvalue weighted by atomic mass is 35.5. The second-order valence-corrected chi connectivity index (χ2v) is 5.10. The van der Waals surface area contributed by atoms with Gasteiger partial charge in [0, 0.05) is 18.7 Å². The maximum absolute atomic E-state index is 11.9. The minimum Gasteiger partial charge on any atom is -0.399 e. The van der Waals surface area contributed by atoms with E-state index in [9.17, 15) is 4.79 Å². The van der Waals surface area contributed by atoms with Crippen molar-refractivity contribution in [3.63, 3.8) is 0 Å². The van der Waals surface area contributed by atoms with E-state index >= 15 is 0 Å². The number of halogens is 1. The van der Waals surface area contributed by atoms with E-state index < -0.39 is 0 Å². The zero-order valence-corrected chi connectivity index (χ0v) is 13.7. The highest BCUT2D eigenvalue weighted by molar-refractivity contribution is 5.85. The summed E-state index contributed by atoms with van der Waals surface area (Å²) in [4.78, 5) is 11.9. The van der Waals surface area contributed by atoms with Gasteiger partial charge in [-0.25, -0.2) is 0 Å². The van der Waals surface area contributed by atoms with E-state index in [2.05, 4.69) is 24.4 Å². The van der Waals surface area contributed by atoms with E-state index in [1.165, 1.54) is 11.1 Å². The zero-order valence-electron chi connectivity index (χ0n) is 12.8. The largest absolute Gasteiger partial charge is 0.399 e. The number of aryl methyl sites for hydroxylation is 2. The number of carbonyl (C=O) groups excluding carboxylic acids is 1. The van der Waals surface area contributed by atoms with Gasteiger partial charge in [0.05, 0.1) is 0 Å². The number of nitrogens with two attached hydrogens (primary N) is 1. The van der Waals surface area contributed by atoms with Crippen LogP contribution in [-0.2, 0) is 24.2 Å². The molecule has 4 heteroatoms. The Kier molecular flexibility index (Phi) is 7.47. The molecule has 0 spiro atoms. The number of anilines is 1. The summed E-state index contributed by atoms with van der Waals surface area (Å²) in [5.41, 5.74) is 10.1. The van der Waals surface area contributed by atoms with Crippen molar-refractivity contribution < 1.29 is 4.79 Å². The van der Waals surface area contributed by atoms with Crippen molar-refractivity contribution in [2.24, 2.45) is 0 Å². The number of para-hydroxylation sites is 1. The molecule has 3 nitrogen and oxygen atoms in total. The van der Waals surface area contributed by atoms with Crippen LogP contribution in [0.15, 0.2) is 48.5 Å². The highest BCUT2D eigenvalue weighted by Crippen LogP contribution is 2.13. The molecule has 0 fully saturated rings. The second kappa shape index (κ2) is 9.11. The standard InChI is InChI=1S/C18H22N2O.ClH/c1-2-14-7-3-4-9-16(14)13-20-18(21)12-11-15-8-5-6-10-17(15)19;/h3-10H,2,11-13,19H2,1H3,(H,20,21);1H. The molecule has 0 unspecified atom stereocenters. The van der Waals surface area contributed by atoms with E-state index in [-0.39, 0.29) is 18.3 Å². The Morgan fingerprint density at radius 3 is 2.23 bits per heavy atom. The average molecular weight is 319 g/mol. The van der Waals surface area contributed by atoms with Crippen molar-refractivity contribution >= 4 is 24.0 Å². The fraction of sp³-hybridized carbons (Fsp3) is 0.278. The van der Waals surface area contributed by atoms with Crippen LogP contribution < -0.4 is 11.1 Å². The Morgan fingerprint density at radius 1 is 1.00 bits per heavy atom. The van der Waals surface area contributed by atoms with Crippen molar-refractivity contribution in [3.8, 4) is 0 Å². The fourth-order valence-electron chi connectivity index (χ4n) is 2.37. The van der Waals surface area contributed by atoms with Gasteiger partial charge in [-0.1, -0.05) is 49.4 Å². The molecule has 3 N–H and O–H groups in total. The van der Waals surface area contributed by atoms with E-state index in [1.54, 1.807) is 0 Å². The first kappa shape index (κ1) is 18.1. The Labute approximate surface area is 138 Å². The molecule has 0 aromatic heterocycles. The molecule has 118 valence electrons. The van der Waals surface area contributed by atoms with Crippen LogP contribution in [0.1, 0.15) is 30.0 Å². The molecule has 0 aliphatic rings. The third kappa shape index (κ3) is 5.08. The molecule has 0 bridgehead atoms. The van der Waals surface area contributed by atoms with Gasteiger partial charge >= 0.3 is 0 Å². The van der Waals surface area contributed by atoms with Crippen molar-refractivity contribution in [3.05, 3.63) is 65.2 Å². The van der Waals surface area contributed by atoms with Crippen LogP contribution >= 0.6 is 12.4 Å². The van der Waals surface area contributed by atoms with Gasteiger partial charge < -0.3 is 11.1 Å². The van der Waals surface area contributed by atoms with Gasteiger partial charge in [0.2, 0.25) is 5.91 Å². The molecule has 0 saturated carbocycles. The van der Waals surface area contributed by atoms with Crippen LogP contribution in [0.25, 0.3) is 0 Å². The lowest BCUT2D eigenvalue weighted by atomic mass is 10.0. The van der Waals surface area contributed by atoms with Crippen LogP contribution in [0, 0.1) is 0 Å². The van der Waals surface area contributed by atoms with Gasteiger partial charge in [-0.15, -0.1) is 12.4 Å². The normalized spacial score (nSPS) is 9.86. The number of carbonyl (C=O) groups is 1. The molecular weight excluding hydrogens is 296 g/mol. The molecular formula is C18H23ClN2O. The van der Waals surface area contributed by atoms with Gasteiger partial charge in [-0.2, -0.15) is 0 Å². The number of nitrogens with one attached hydrogen (secondary N) is 1. The first-order valence-electron chi connectivity index (χ1n) is 7.37. The molecule has 2 aromatic carbocycles. The van der Waals surface area contributed by atoms with Gasteiger partial charge in [0.25, 0.3) is 0 Å². The lowest BCUT2D eigenvalue weighted by Gasteiger charge is -2.10. The third-order valence-electron chi connectivity index (χ3n) is 3.65. The number of benzene rings is 2. The molecule has 0 aliphatic carbocycles. The topological polar surface area (TPSA) is 55.1 Å². The monoisotopic (exact) mass is 318 g/mol. The summed E-state index contributed by atoms with van der Waals surface area (Å²) >= 11 is 0. The van der Waals surface area contributed by atoms with Gasteiger partial charge in [0.15, 0.2) is 0 Å².